The first kappa shape index (κ1) is 74.8. The van der Waals surface area contributed by atoms with Crippen molar-refractivity contribution >= 4 is 47.8 Å². The number of aromatic hydroxyl groups is 23. The number of fused-ring (bicyclic) bond motifs is 13. The number of aliphatic hydroxyl groups is 2. The normalized spacial score (nSPS) is 21.3. The van der Waals surface area contributed by atoms with Gasteiger partial charge in [0.25, 0.3) is 0 Å². The fourth-order valence-corrected chi connectivity index (χ4v) is 12.6. The number of rotatable bonds is 6. The van der Waals surface area contributed by atoms with Crippen LogP contribution in [0.5, 0.6) is 144 Å². The predicted molar refractivity (Wildman–Crippen MR) is 344 cm³/mol. The van der Waals surface area contributed by atoms with Crippen molar-refractivity contribution in [1.29, 1.82) is 0 Å². The van der Waals surface area contributed by atoms with Gasteiger partial charge in [0.2, 0.25) is 46.0 Å². The minimum atomic E-state index is -2.84. The van der Waals surface area contributed by atoms with Gasteiger partial charge in [-0.1, -0.05) is 0 Å². The molecule has 112 heavy (non-hydrogen) atoms. The quantitative estimate of drug-likeness (QED) is 0.0640. The summed E-state index contributed by atoms with van der Waals surface area (Å²) in [5, 5.41) is 275. The van der Waals surface area contributed by atoms with Gasteiger partial charge in [0, 0.05) is 45.5 Å². The molecule has 0 saturated carbocycles. The molecule has 8 aromatic rings. The van der Waals surface area contributed by atoms with Gasteiger partial charge in [-0.3, -0.25) is 0 Å². The Morgan fingerprint density at radius 2 is 0.607 bits per heavy atom. The van der Waals surface area contributed by atoms with Crippen LogP contribution in [0.1, 0.15) is 82.9 Å². The first-order valence-electron chi connectivity index (χ1n) is 31.2. The van der Waals surface area contributed by atoms with Crippen LogP contribution in [-0.4, -0.2) is 250 Å². The second-order valence-corrected chi connectivity index (χ2v) is 24.6. The summed E-state index contributed by atoms with van der Waals surface area (Å²) in [6, 6.07) is 3.14. The van der Waals surface area contributed by atoms with Gasteiger partial charge in [-0.2, -0.15) is 0 Å². The molecule has 0 aromatic heterocycles. The number of ether oxygens (including phenoxy) is 11. The monoisotopic (exact) mass is 1570 g/mol. The predicted octanol–water partition coefficient (Wildman–Crippen LogP) is 1.75. The van der Waals surface area contributed by atoms with Crippen LogP contribution in [0.15, 0.2) is 54.6 Å². The number of phenols is 23. The van der Waals surface area contributed by atoms with Gasteiger partial charge >= 0.3 is 47.8 Å². The van der Waals surface area contributed by atoms with Crippen molar-refractivity contribution in [2.45, 2.75) is 61.4 Å². The zero-order valence-electron chi connectivity index (χ0n) is 54.8. The molecule has 13 rings (SSSR count). The molecule has 0 aliphatic carbocycles. The van der Waals surface area contributed by atoms with Gasteiger partial charge in [-0.25, -0.2) is 38.4 Å². The first-order chi connectivity index (χ1) is 52.7. The van der Waals surface area contributed by atoms with Crippen LogP contribution in [0.25, 0.3) is 33.4 Å². The Balaban J connectivity index is 0.884. The molecule has 44 heteroatoms. The highest BCUT2D eigenvalue weighted by molar-refractivity contribution is 6.12. The second-order valence-electron chi connectivity index (χ2n) is 24.6. The summed E-state index contributed by atoms with van der Waals surface area (Å²) in [6.45, 7) is -2.65. The number of carbonyl (C=O) groups is 8. The van der Waals surface area contributed by atoms with E-state index in [0.29, 0.717) is 36.4 Å². The third-order valence-corrected chi connectivity index (χ3v) is 18.0. The Bertz CT molecular complexity index is 5480. The molecule has 44 nitrogen and oxygen atoms in total. The Labute approximate surface area is 614 Å². The number of phenolic OH excluding ortho intramolecular Hbond substituents is 23. The number of hydrogen-bond acceptors (Lipinski definition) is 44. The molecule has 2 saturated heterocycles. The Morgan fingerprint density at radius 3 is 1.03 bits per heavy atom. The smallest absolute Gasteiger partial charge is 0.342 e. The molecular weight excluding hydrogens is 1520 g/mol. The summed E-state index contributed by atoms with van der Waals surface area (Å²) in [6.07, 6.45) is -25.9. The van der Waals surface area contributed by atoms with Crippen molar-refractivity contribution in [1.82, 2.24) is 0 Å². The number of hydrogen-bond donors (Lipinski definition) is 25. The third-order valence-electron chi connectivity index (χ3n) is 18.0. The van der Waals surface area contributed by atoms with E-state index in [1.807, 2.05) is 0 Å². The molecule has 8 aromatic carbocycles. The highest BCUT2D eigenvalue weighted by atomic mass is 16.7. The van der Waals surface area contributed by atoms with Gasteiger partial charge in [0.05, 0.1) is 38.9 Å². The average Bonchev–Trinajstić information content (AvgIpc) is 0.977. The standard InChI is InChI=1S/C68H48O44/c69-20-1-12(2-21(70)38(20)77)59(92)109-55-53-29(10-102-60(93)13-3-22(71)39(78)46(85)31(13)33-15(62(95)107-53)5-24(73)41(80)48(33)87)105-67(100)57(55)112-66(99)19-9-28(45(84)52(91)37(19)76)104-27-8-18-36(51(90)44(27)83)35-17(7-26(75)43(82)50(35)89)64(97)110-56-54-30(106-68(101)58(56)111-65(18)98)11-103-61(94)14-4-23(72)40(79)47(86)32(14)34-16(63(96)108-54)6-25(74)42(81)49(34)88/h1-9,29-30,53-58,67-91,100-101H,10-11H2/t29-,30-,53-,54-,55+,56+,57-,58-,67-,68-/m1/s1. The summed E-state index contributed by atoms with van der Waals surface area (Å²) in [4.78, 5) is 116. The van der Waals surface area contributed by atoms with Gasteiger partial charge < -0.3 is 180 Å². The lowest BCUT2D eigenvalue weighted by atomic mass is 9.91. The maximum Gasteiger partial charge on any atom is 0.342 e. The van der Waals surface area contributed by atoms with E-state index >= 15 is 4.79 Å². The van der Waals surface area contributed by atoms with E-state index in [9.17, 15) is 161 Å². The number of carbonyl (C=O) groups excluding carboxylic acids is 8. The molecule has 2 fully saturated rings. The van der Waals surface area contributed by atoms with E-state index in [1.54, 1.807) is 0 Å². The molecule has 0 unspecified atom stereocenters. The summed E-state index contributed by atoms with van der Waals surface area (Å²) < 4.78 is 60.9. The SMILES string of the molecule is O=C(O[C@@H]1[C@@H](OC(=O)c2cc(Oc3cc4c(c(O)c3O)-c3c(cc(O)c(O)c3O)C(=O)O[C@@H]3[C@@H](OC4=O)[C@H](O)O[C@@H]4COC(=O)c5cc(O)c(O)c(O)c5-c5c(cc(O)c(O)c5O)C(=O)O[C@@H]34)c(O)c(O)c2O)[C@H](O)O[C@@H]2COC(=O)c3cc(O)c(O)c(O)c3-c3c(cc(O)c(O)c3O)C(=O)O[C@@H]12)c1cc(O)c(O)c(O)c1. The minimum Gasteiger partial charge on any atom is -0.504 e. The van der Waals surface area contributed by atoms with E-state index < -0.39 is 344 Å². The maximum absolute atomic E-state index is 15.0. The molecule has 0 bridgehead atoms. The van der Waals surface area contributed by atoms with Gasteiger partial charge in [-0.15, -0.1) is 0 Å². The van der Waals surface area contributed by atoms with Crippen molar-refractivity contribution < 1.29 is 218 Å². The molecule has 10 atom stereocenters. The molecule has 0 spiro atoms. The highest BCUT2D eigenvalue weighted by Gasteiger charge is 2.56. The van der Waals surface area contributed by atoms with Gasteiger partial charge in [-0.05, 0) is 42.5 Å². The average molecular weight is 1570 g/mol. The molecule has 5 aliphatic rings. The van der Waals surface area contributed by atoms with Crippen LogP contribution < -0.4 is 4.74 Å². The molecule has 5 heterocycles. The van der Waals surface area contributed by atoms with Crippen LogP contribution in [0, 0.1) is 0 Å². The van der Waals surface area contributed by atoms with Gasteiger partial charge in [0.15, 0.2) is 147 Å². The summed E-state index contributed by atoms with van der Waals surface area (Å²) in [5.74, 6) is -52.0. The van der Waals surface area contributed by atoms with Crippen molar-refractivity contribution in [3.63, 3.8) is 0 Å². The lowest BCUT2D eigenvalue weighted by Gasteiger charge is -2.43. The Kier molecular flexibility index (Phi) is 18.1. The van der Waals surface area contributed by atoms with E-state index in [0.717, 1.165) is 0 Å². The molecule has 25 N–H and O–H groups in total. The molecule has 584 valence electrons. The fourth-order valence-electron chi connectivity index (χ4n) is 12.6. The van der Waals surface area contributed by atoms with E-state index in [1.165, 1.54) is 0 Å². The zero-order valence-corrected chi connectivity index (χ0v) is 54.8. The molecular formula is C68H48O44. The topological polar surface area (TPSA) is 744 Å². The highest BCUT2D eigenvalue weighted by Crippen LogP contribution is 2.59. The fraction of sp³-hybridized carbons (Fsp3) is 0.176. The first-order valence-corrected chi connectivity index (χ1v) is 31.2. The maximum atomic E-state index is 15.0. The van der Waals surface area contributed by atoms with Crippen molar-refractivity contribution in [2.75, 3.05) is 13.2 Å². The second kappa shape index (κ2) is 27.1. The zero-order chi connectivity index (χ0) is 81.5. The van der Waals surface area contributed by atoms with E-state index in [2.05, 4.69) is 0 Å². The van der Waals surface area contributed by atoms with Gasteiger partial charge in [0.1, 0.15) is 31.0 Å². The Morgan fingerprint density at radius 1 is 0.295 bits per heavy atom. The summed E-state index contributed by atoms with van der Waals surface area (Å²) in [7, 11) is 0. The number of esters is 8. The van der Waals surface area contributed by atoms with E-state index in [-0.39, 0.29) is 18.2 Å². The van der Waals surface area contributed by atoms with Crippen LogP contribution in [-0.2, 0) is 47.4 Å². The van der Waals surface area contributed by atoms with Crippen molar-refractivity contribution in [2.24, 2.45) is 0 Å². The minimum absolute atomic E-state index is 0.184. The summed E-state index contributed by atoms with van der Waals surface area (Å²) in [5.41, 5.74) is -16.8. The van der Waals surface area contributed by atoms with Crippen LogP contribution in [0.3, 0.4) is 0 Å². The third kappa shape index (κ3) is 12.0. The van der Waals surface area contributed by atoms with Crippen LogP contribution in [0.4, 0.5) is 0 Å². The molecule has 0 radical (unpaired) electrons. The van der Waals surface area contributed by atoms with Crippen molar-refractivity contribution in [3.8, 4) is 177 Å². The lowest BCUT2D eigenvalue weighted by molar-refractivity contribution is -0.284. The van der Waals surface area contributed by atoms with Crippen LogP contribution in [0.2, 0.25) is 0 Å². The number of cyclic esters (lactones) is 2. The number of aliphatic hydroxyl groups excluding tert-OH is 2. The van der Waals surface area contributed by atoms with Crippen molar-refractivity contribution in [3.05, 3.63) is 99.1 Å². The molecule has 0 amide bonds. The Hall–Kier alpha value is -15.4. The number of benzene rings is 8. The lowest BCUT2D eigenvalue weighted by Crippen LogP contribution is -2.62. The molecule has 5 aliphatic heterocycles. The largest absolute Gasteiger partial charge is 0.504 e. The van der Waals surface area contributed by atoms with Crippen LogP contribution >= 0.6 is 0 Å². The van der Waals surface area contributed by atoms with E-state index in [4.69, 9.17) is 52.1 Å². The summed E-state index contributed by atoms with van der Waals surface area (Å²) >= 11 is 0.